The van der Waals surface area contributed by atoms with Gasteiger partial charge in [-0.1, -0.05) is 25.0 Å². The molecule has 1 amide bonds. The Balaban J connectivity index is 1.38. The molecule has 32 heavy (non-hydrogen) atoms. The quantitative estimate of drug-likeness (QED) is 0.491. The normalized spacial score (nSPS) is 15.4. The van der Waals surface area contributed by atoms with Crippen LogP contribution in [0.3, 0.4) is 0 Å². The minimum atomic E-state index is -3.72. The van der Waals surface area contributed by atoms with Gasteiger partial charge in [-0.3, -0.25) is 15.0 Å². The Morgan fingerprint density at radius 1 is 1.06 bits per heavy atom. The summed E-state index contributed by atoms with van der Waals surface area (Å²) in [7, 11) is -3.72. The van der Waals surface area contributed by atoms with Crippen molar-refractivity contribution in [2.24, 2.45) is 0 Å². The number of nitrogens with one attached hydrogen (secondary N) is 2. The maximum absolute atomic E-state index is 12.7. The summed E-state index contributed by atoms with van der Waals surface area (Å²) in [6.07, 6.45) is 5.00. The van der Waals surface area contributed by atoms with Crippen LogP contribution in [-0.4, -0.2) is 37.3 Å². The third-order valence-electron chi connectivity index (χ3n) is 5.28. The van der Waals surface area contributed by atoms with E-state index in [0.717, 1.165) is 30.2 Å². The van der Waals surface area contributed by atoms with E-state index in [1.54, 1.807) is 12.1 Å². The molecule has 0 saturated carbocycles. The molecule has 7 nitrogen and oxygen atoms in total. The summed E-state index contributed by atoms with van der Waals surface area (Å²) in [6, 6.07) is 9.78. The molecule has 2 aromatic heterocycles. The molecule has 0 unspecified atom stereocenters. The molecule has 1 fully saturated rings. The van der Waals surface area contributed by atoms with E-state index in [1.165, 1.54) is 60.5 Å². The molecule has 4 rings (SSSR count). The van der Waals surface area contributed by atoms with Crippen LogP contribution in [0.25, 0.3) is 0 Å². The molecule has 0 radical (unpaired) electrons. The van der Waals surface area contributed by atoms with Crippen LogP contribution < -0.4 is 10.0 Å². The number of thiazole rings is 1. The molecule has 1 aromatic carbocycles. The van der Waals surface area contributed by atoms with Crippen molar-refractivity contribution < 1.29 is 13.2 Å². The number of aromatic nitrogens is 1. The van der Waals surface area contributed by atoms with Crippen molar-refractivity contribution in [3.05, 3.63) is 63.3 Å². The minimum Gasteiger partial charge on any atom is -0.298 e. The summed E-state index contributed by atoms with van der Waals surface area (Å²) in [5.41, 5.74) is 1.22. The molecule has 0 aliphatic carbocycles. The van der Waals surface area contributed by atoms with Gasteiger partial charge in [0.2, 0.25) is 10.0 Å². The third-order valence-corrected chi connectivity index (χ3v) is 8.36. The van der Waals surface area contributed by atoms with Crippen molar-refractivity contribution in [3.8, 4) is 0 Å². The second-order valence-corrected chi connectivity index (χ2v) is 11.4. The van der Waals surface area contributed by atoms with Crippen LogP contribution in [0.4, 0.5) is 5.13 Å². The van der Waals surface area contributed by atoms with Crippen molar-refractivity contribution in [1.29, 1.82) is 0 Å². The Morgan fingerprint density at radius 2 is 1.88 bits per heavy atom. The smallest absolute Gasteiger partial charge is 0.257 e. The molecule has 0 atom stereocenters. The number of amides is 1. The Labute approximate surface area is 196 Å². The molecule has 3 aromatic rings. The van der Waals surface area contributed by atoms with E-state index >= 15 is 0 Å². The van der Waals surface area contributed by atoms with E-state index in [9.17, 15) is 13.2 Å². The van der Waals surface area contributed by atoms with E-state index in [1.807, 2.05) is 22.9 Å². The van der Waals surface area contributed by atoms with Crippen molar-refractivity contribution in [2.75, 3.05) is 18.4 Å². The zero-order valence-electron chi connectivity index (χ0n) is 17.6. The number of likely N-dealkylation sites (tertiary alicyclic amines) is 1. The largest absolute Gasteiger partial charge is 0.298 e. The predicted octanol–water partition coefficient (Wildman–Crippen LogP) is 4.31. The van der Waals surface area contributed by atoms with Crippen molar-refractivity contribution in [2.45, 2.75) is 43.7 Å². The Bertz CT molecular complexity index is 1130. The number of benzene rings is 1. The number of rotatable bonds is 8. The highest BCUT2D eigenvalue weighted by Gasteiger charge is 2.18. The molecule has 170 valence electrons. The first-order valence-electron chi connectivity index (χ1n) is 10.6. The second-order valence-electron chi connectivity index (χ2n) is 7.72. The fraction of sp³-hybridized carbons (Fsp3) is 0.364. The van der Waals surface area contributed by atoms with Gasteiger partial charge in [0.25, 0.3) is 5.91 Å². The molecule has 2 N–H and O–H groups in total. The fourth-order valence-electron chi connectivity index (χ4n) is 3.60. The van der Waals surface area contributed by atoms with Crippen molar-refractivity contribution >= 4 is 43.7 Å². The van der Waals surface area contributed by atoms with Gasteiger partial charge in [0.1, 0.15) is 0 Å². The van der Waals surface area contributed by atoms with Gasteiger partial charge in [0.15, 0.2) is 5.13 Å². The molecule has 3 heterocycles. The number of hydrogen-bond donors (Lipinski definition) is 2. The molecule has 1 saturated heterocycles. The first-order chi connectivity index (χ1) is 15.5. The number of nitrogens with zero attached hydrogens (tertiary/aromatic N) is 2. The number of carbonyl (C=O) groups excluding carboxylic acids is 1. The summed E-state index contributed by atoms with van der Waals surface area (Å²) in [6.45, 7) is 3.17. The highest BCUT2D eigenvalue weighted by molar-refractivity contribution is 7.89. The van der Waals surface area contributed by atoms with Crippen LogP contribution in [-0.2, 0) is 23.1 Å². The lowest BCUT2D eigenvalue weighted by molar-refractivity contribution is 0.102. The average molecular weight is 491 g/mol. The fourth-order valence-corrected chi connectivity index (χ4v) is 6.08. The van der Waals surface area contributed by atoms with Gasteiger partial charge in [-0.05, 0) is 55.6 Å². The van der Waals surface area contributed by atoms with Gasteiger partial charge in [-0.2, -0.15) is 0 Å². The van der Waals surface area contributed by atoms with Gasteiger partial charge in [0, 0.05) is 28.9 Å². The van der Waals surface area contributed by atoms with Crippen LogP contribution in [0.5, 0.6) is 0 Å². The number of sulfonamides is 1. The topological polar surface area (TPSA) is 91.4 Å². The highest BCUT2D eigenvalue weighted by atomic mass is 32.2. The first kappa shape index (κ1) is 23.1. The summed E-state index contributed by atoms with van der Waals surface area (Å²) >= 11 is 2.87. The first-order valence-corrected chi connectivity index (χ1v) is 13.8. The molecular formula is C22H26N4O3S3. The lowest BCUT2D eigenvalue weighted by Crippen LogP contribution is -2.24. The Morgan fingerprint density at radius 3 is 2.62 bits per heavy atom. The summed E-state index contributed by atoms with van der Waals surface area (Å²) in [5.74, 6) is -0.379. The van der Waals surface area contributed by atoms with Crippen LogP contribution in [0.15, 0.2) is 52.1 Å². The van der Waals surface area contributed by atoms with Gasteiger partial charge in [-0.25, -0.2) is 18.1 Å². The van der Waals surface area contributed by atoms with Gasteiger partial charge >= 0.3 is 0 Å². The standard InChI is InChI=1S/C22H26N4O3S3/c27-21(25-22-24-18(16-31-22)15-26-10-3-1-2-4-11-26)17-7-5-9-20(13-17)32(28,29)23-14-19-8-6-12-30-19/h5-9,12-13,16,23H,1-4,10-11,14-15H2,(H,24,25,27). The van der Waals surface area contributed by atoms with Crippen LogP contribution >= 0.6 is 22.7 Å². The minimum absolute atomic E-state index is 0.0581. The third kappa shape index (κ3) is 6.23. The van der Waals surface area contributed by atoms with Crippen molar-refractivity contribution in [1.82, 2.24) is 14.6 Å². The van der Waals surface area contributed by atoms with E-state index in [4.69, 9.17) is 0 Å². The molecule has 0 bridgehead atoms. The number of thiophene rings is 1. The Kier molecular flexibility index (Phi) is 7.69. The van der Waals surface area contributed by atoms with E-state index in [-0.39, 0.29) is 22.9 Å². The van der Waals surface area contributed by atoms with Crippen LogP contribution in [0.2, 0.25) is 0 Å². The van der Waals surface area contributed by atoms with E-state index in [0.29, 0.717) is 5.13 Å². The van der Waals surface area contributed by atoms with E-state index < -0.39 is 10.0 Å². The van der Waals surface area contributed by atoms with Gasteiger partial charge in [-0.15, -0.1) is 22.7 Å². The van der Waals surface area contributed by atoms with Gasteiger partial charge < -0.3 is 0 Å². The van der Waals surface area contributed by atoms with E-state index in [2.05, 4.69) is 19.9 Å². The number of anilines is 1. The number of carbonyl (C=O) groups is 1. The number of hydrogen-bond acceptors (Lipinski definition) is 7. The average Bonchev–Trinajstić information content (AvgIpc) is 3.40. The lowest BCUT2D eigenvalue weighted by Gasteiger charge is -2.17. The van der Waals surface area contributed by atoms with Gasteiger partial charge in [0.05, 0.1) is 10.6 Å². The highest BCUT2D eigenvalue weighted by Crippen LogP contribution is 2.20. The summed E-state index contributed by atoms with van der Waals surface area (Å²) in [4.78, 5) is 20.6. The van der Waals surface area contributed by atoms with Crippen LogP contribution in [0, 0.1) is 0 Å². The maximum atomic E-state index is 12.7. The molecule has 1 aliphatic heterocycles. The maximum Gasteiger partial charge on any atom is 0.257 e. The van der Waals surface area contributed by atoms with Crippen LogP contribution in [0.1, 0.15) is 46.6 Å². The predicted molar refractivity (Wildman–Crippen MR) is 129 cm³/mol. The zero-order valence-corrected chi connectivity index (χ0v) is 20.1. The zero-order chi connectivity index (χ0) is 22.4. The van der Waals surface area contributed by atoms with Crippen molar-refractivity contribution in [3.63, 3.8) is 0 Å². The molecule has 1 aliphatic rings. The SMILES string of the molecule is O=C(Nc1nc(CN2CCCCCC2)cs1)c1cccc(S(=O)(=O)NCc2cccs2)c1. The lowest BCUT2D eigenvalue weighted by atomic mass is 10.2. The molecule has 0 spiro atoms. The summed E-state index contributed by atoms with van der Waals surface area (Å²) < 4.78 is 27.8. The molecule has 10 heteroatoms. The summed E-state index contributed by atoms with van der Waals surface area (Å²) in [5, 5.41) is 7.18. The monoisotopic (exact) mass is 490 g/mol. The molecular weight excluding hydrogens is 464 g/mol. The Hall–Kier alpha value is -2.11. The second kappa shape index (κ2) is 10.7.